The predicted octanol–water partition coefficient (Wildman–Crippen LogP) is 4.53. The maximum atomic E-state index is 12.9. The molecule has 3 aliphatic rings. The maximum Gasteiger partial charge on any atom is 0.225 e. The lowest BCUT2D eigenvalue weighted by atomic mass is 9.76. The number of ether oxygens (including phenoxy) is 1. The van der Waals surface area contributed by atoms with E-state index in [1.54, 1.807) is 12.4 Å². The summed E-state index contributed by atoms with van der Waals surface area (Å²) in [6.07, 6.45) is 10.6. The van der Waals surface area contributed by atoms with Crippen LogP contribution in [0.5, 0.6) is 5.75 Å². The highest BCUT2D eigenvalue weighted by Gasteiger charge is 2.45. The van der Waals surface area contributed by atoms with Gasteiger partial charge in [0, 0.05) is 50.4 Å². The Kier molecular flexibility index (Phi) is 5.85. The third kappa shape index (κ3) is 4.36. The fourth-order valence-electron chi connectivity index (χ4n) is 5.67. The molecule has 6 nitrogen and oxygen atoms in total. The van der Waals surface area contributed by atoms with Crippen LogP contribution < -0.4 is 10.1 Å². The average Bonchev–Trinajstić information content (AvgIpc) is 3.35. The molecule has 2 amide bonds. The number of piperidine rings is 1. The standard InChI is InChI=1S/C26H31N3O3/c30-24(28-21-8-5-13-27-18-21)16-20-17-26(32-23-10-4-3-9-22(20)23)11-14-29(15-12-26)25(31)19-6-1-2-7-19/h3-5,8-10,13,18-20H,1-2,6-7,11-12,14-17H2,(H,28,30)/t20-/m0/s1. The van der Waals surface area contributed by atoms with Gasteiger partial charge in [0.1, 0.15) is 11.4 Å². The van der Waals surface area contributed by atoms with Gasteiger partial charge in [-0.15, -0.1) is 0 Å². The van der Waals surface area contributed by atoms with Crippen molar-refractivity contribution in [1.82, 2.24) is 9.88 Å². The number of benzene rings is 1. The Morgan fingerprint density at radius 1 is 1.09 bits per heavy atom. The second-order valence-electron chi connectivity index (χ2n) is 9.52. The number of aromatic nitrogens is 1. The minimum Gasteiger partial charge on any atom is -0.487 e. The van der Waals surface area contributed by atoms with Crippen molar-refractivity contribution in [3.05, 3.63) is 54.4 Å². The summed E-state index contributed by atoms with van der Waals surface area (Å²) in [6.45, 7) is 1.48. The number of hydrogen-bond acceptors (Lipinski definition) is 4. The third-order valence-corrected chi connectivity index (χ3v) is 7.37. The molecular formula is C26H31N3O3. The van der Waals surface area contributed by atoms with E-state index in [4.69, 9.17) is 4.74 Å². The van der Waals surface area contributed by atoms with Gasteiger partial charge in [0.05, 0.1) is 11.9 Å². The van der Waals surface area contributed by atoms with E-state index in [2.05, 4.69) is 21.3 Å². The summed E-state index contributed by atoms with van der Waals surface area (Å²) in [4.78, 5) is 31.8. The molecule has 3 heterocycles. The van der Waals surface area contributed by atoms with Gasteiger partial charge in [-0.2, -0.15) is 0 Å². The molecule has 2 aliphatic heterocycles. The van der Waals surface area contributed by atoms with Crippen molar-refractivity contribution in [3.63, 3.8) is 0 Å². The van der Waals surface area contributed by atoms with Crippen LogP contribution in [-0.4, -0.2) is 40.4 Å². The lowest BCUT2D eigenvalue weighted by Gasteiger charge is -2.47. The van der Waals surface area contributed by atoms with Crippen molar-refractivity contribution in [2.45, 2.75) is 62.9 Å². The Balaban J connectivity index is 1.28. The third-order valence-electron chi connectivity index (χ3n) is 7.37. The van der Waals surface area contributed by atoms with Gasteiger partial charge in [-0.25, -0.2) is 0 Å². The normalized spacial score (nSPS) is 22.2. The van der Waals surface area contributed by atoms with Crippen LogP contribution in [0.15, 0.2) is 48.8 Å². The monoisotopic (exact) mass is 433 g/mol. The minimum atomic E-state index is -0.305. The molecule has 0 unspecified atom stereocenters. The molecular weight excluding hydrogens is 402 g/mol. The predicted molar refractivity (Wildman–Crippen MR) is 122 cm³/mol. The topological polar surface area (TPSA) is 71.5 Å². The summed E-state index contributed by atoms with van der Waals surface area (Å²) < 4.78 is 6.56. The van der Waals surface area contributed by atoms with Crippen molar-refractivity contribution in [1.29, 1.82) is 0 Å². The van der Waals surface area contributed by atoms with Crippen molar-refractivity contribution in [2.24, 2.45) is 5.92 Å². The number of pyridine rings is 1. The molecule has 0 radical (unpaired) electrons. The van der Waals surface area contributed by atoms with Crippen molar-refractivity contribution in [2.75, 3.05) is 18.4 Å². The van der Waals surface area contributed by atoms with Crippen molar-refractivity contribution >= 4 is 17.5 Å². The summed E-state index contributed by atoms with van der Waals surface area (Å²) in [6, 6.07) is 11.7. The van der Waals surface area contributed by atoms with Crippen LogP contribution in [0.3, 0.4) is 0 Å². The lowest BCUT2D eigenvalue weighted by molar-refractivity contribution is -0.139. The molecule has 0 bridgehead atoms. The zero-order chi connectivity index (χ0) is 22.0. The Labute approximate surface area is 189 Å². The van der Waals surface area contributed by atoms with Crippen molar-refractivity contribution < 1.29 is 14.3 Å². The van der Waals surface area contributed by atoms with Crippen LogP contribution in [0, 0.1) is 5.92 Å². The van der Waals surface area contributed by atoms with E-state index < -0.39 is 0 Å². The molecule has 32 heavy (non-hydrogen) atoms. The van der Waals surface area contributed by atoms with E-state index in [0.29, 0.717) is 18.0 Å². The average molecular weight is 434 g/mol. The van der Waals surface area contributed by atoms with Gasteiger partial charge in [-0.05, 0) is 43.0 Å². The highest BCUT2D eigenvalue weighted by molar-refractivity contribution is 5.91. The van der Waals surface area contributed by atoms with Crippen LogP contribution in [0.2, 0.25) is 0 Å². The Morgan fingerprint density at radius 3 is 2.62 bits per heavy atom. The van der Waals surface area contributed by atoms with E-state index in [0.717, 1.165) is 56.5 Å². The van der Waals surface area contributed by atoms with Gasteiger partial charge in [0.25, 0.3) is 0 Å². The fraction of sp³-hybridized carbons (Fsp3) is 0.500. The Hall–Kier alpha value is -2.89. The first-order chi connectivity index (χ1) is 15.6. The number of likely N-dealkylation sites (tertiary alicyclic amines) is 1. The number of anilines is 1. The summed E-state index contributed by atoms with van der Waals surface area (Å²) in [7, 11) is 0. The number of carbonyl (C=O) groups excluding carboxylic acids is 2. The first-order valence-corrected chi connectivity index (χ1v) is 11.9. The summed E-state index contributed by atoms with van der Waals surface area (Å²) in [5.41, 5.74) is 1.51. The van der Waals surface area contributed by atoms with Crippen LogP contribution in [0.4, 0.5) is 5.69 Å². The van der Waals surface area contributed by atoms with Gasteiger partial charge in [0.2, 0.25) is 11.8 Å². The molecule has 168 valence electrons. The summed E-state index contributed by atoms with van der Waals surface area (Å²) >= 11 is 0. The van der Waals surface area contributed by atoms with Crippen molar-refractivity contribution in [3.8, 4) is 5.75 Å². The van der Waals surface area contributed by atoms with Gasteiger partial charge >= 0.3 is 0 Å². The minimum absolute atomic E-state index is 0.0105. The van der Waals surface area contributed by atoms with E-state index in [1.165, 1.54) is 12.8 Å². The smallest absolute Gasteiger partial charge is 0.225 e. The molecule has 1 aromatic heterocycles. The summed E-state index contributed by atoms with van der Waals surface area (Å²) in [5, 5.41) is 2.97. The molecule has 1 spiro atoms. The zero-order valence-electron chi connectivity index (χ0n) is 18.5. The van der Waals surface area contributed by atoms with Crippen LogP contribution in [-0.2, 0) is 9.59 Å². The van der Waals surface area contributed by atoms with Crippen LogP contribution in [0.25, 0.3) is 0 Å². The largest absolute Gasteiger partial charge is 0.487 e. The highest BCUT2D eigenvalue weighted by atomic mass is 16.5. The molecule has 5 rings (SSSR count). The van der Waals surface area contributed by atoms with Gasteiger partial charge in [-0.1, -0.05) is 31.0 Å². The van der Waals surface area contributed by atoms with E-state index >= 15 is 0 Å². The Morgan fingerprint density at radius 2 is 1.88 bits per heavy atom. The van der Waals surface area contributed by atoms with E-state index in [1.807, 2.05) is 30.3 Å². The van der Waals surface area contributed by atoms with Gasteiger partial charge in [0.15, 0.2) is 0 Å². The molecule has 1 N–H and O–H groups in total. The fourth-order valence-corrected chi connectivity index (χ4v) is 5.67. The Bertz CT molecular complexity index is 963. The number of para-hydroxylation sites is 1. The lowest BCUT2D eigenvalue weighted by Crippen LogP contribution is -2.52. The molecule has 6 heteroatoms. The number of carbonyl (C=O) groups is 2. The number of rotatable bonds is 4. The van der Waals surface area contributed by atoms with Gasteiger partial charge < -0.3 is 15.0 Å². The quantitative estimate of drug-likeness (QED) is 0.769. The molecule has 1 saturated heterocycles. The zero-order valence-corrected chi connectivity index (χ0v) is 18.5. The first kappa shape index (κ1) is 21.0. The van der Waals surface area contributed by atoms with Crippen LogP contribution >= 0.6 is 0 Å². The number of nitrogens with one attached hydrogen (secondary N) is 1. The van der Waals surface area contributed by atoms with E-state index in [-0.39, 0.29) is 23.3 Å². The van der Waals surface area contributed by atoms with Crippen LogP contribution in [0.1, 0.15) is 62.8 Å². The molecule has 2 fully saturated rings. The molecule has 1 aromatic carbocycles. The summed E-state index contributed by atoms with van der Waals surface area (Å²) in [5.74, 6) is 1.52. The molecule has 2 aromatic rings. The molecule has 1 saturated carbocycles. The SMILES string of the molecule is O=C(C[C@H]1CC2(CCN(C(=O)C3CCCC3)CC2)Oc2ccccc21)Nc1cccnc1. The number of nitrogens with zero attached hydrogens (tertiary/aromatic N) is 2. The number of fused-ring (bicyclic) bond motifs is 1. The highest BCUT2D eigenvalue weighted by Crippen LogP contribution is 2.46. The second kappa shape index (κ2) is 8.93. The molecule has 1 aliphatic carbocycles. The second-order valence-corrected chi connectivity index (χ2v) is 9.52. The maximum absolute atomic E-state index is 12.9. The van der Waals surface area contributed by atoms with E-state index in [9.17, 15) is 9.59 Å². The number of amides is 2. The first-order valence-electron chi connectivity index (χ1n) is 11.9. The number of hydrogen-bond donors (Lipinski definition) is 1. The molecule has 1 atom stereocenters. The van der Waals surface area contributed by atoms with Gasteiger partial charge in [-0.3, -0.25) is 14.6 Å².